The summed E-state index contributed by atoms with van der Waals surface area (Å²) in [5.41, 5.74) is 3.46. The van der Waals surface area contributed by atoms with Gasteiger partial charge in [-0.1, -0.05) is 54.1 Å². The van der Waals surface area contributed by atoms with Gasteiger partial charge in [-0.3, -0.25) is 4.98 Å². The standard InChI is InChI=1S/C16H12BrN/c1-11-6-8-12(9-7-11)16-14-5-3-2-4-13(14)15(17)10-18-16/h2-10H,1H3. The predicted octanol–water partition coefficient (Wildman–Crippen LogP) is 4.97. The molecule has 0 unspecified atom stereocenters. The first-order valence-electron chi connectivity index (χ1n) is 5.86. The maximum atomic E-state index is 4.56. The zero-order valence-electron chi connectivity index (χ0n) is 10.0. The molecule has 0 aliphatic rings. The fourth-order valence-electron chi connectivity index (χ4n) is 2.10. The predicted molar refractivity (Wildman–Crippen MR) is 79.6 cm³/mol. The van der Waals surface area contributed by atoms with Crippen LogP contribution in [0.4, 0.5) is 0 Å². The van der Waals surface area contributed by atoms with E-state index < -0.39 is 0 Å². The normalized spacial score (nSPS) is 10.8. The van der Waals surface area contributed by atoms with E-state index in [-0.39, 0.29) is 0 Å². The van der Waals surface area contributed by atoms with Gasteiger partial charge in [0.1, 0.15) is 0 Å². The van der Waals surface area contributed by atoms with Gasteiger partial charge in [0.05, 0.1) is 5.69 Å². The third kappa shape index (κ3) is 1.93. The number of benzene rings is 2. The molecule has 0 radical (unpaired) electrons. The minimum Gasteiger partial charge on any atom is -0.254 e. The highest BCUT2D eigenvalue weighted by atomic mass is 79.9. The molecule has 0 atom stereocenters. The lowest BCUT2D eigenvalue weighted by molar-refractivity contribution is 1.34. The molecule has 0 spiro atoms. The van der Waals surface area contributed by atoms with Crippen LogP contribution in [0.15, 0.2) is 59.2 Å². The van der Waals surface area contributed by atoms with Crippen molar-refractivity contribution in [3.8, 4) is 11.3 Å². The van der Waals surface area contributed by atoms with Gasteiger partial charge in [-0.2, -0.15) is 0 Å². The summed E-state index contributed by atoms with van der Waals surface area (Å²) in [6.45, 7) is 2.09. The second kappa shape index (κ2) is 4.54. The van der Waals surface area contributed by atoms with Gasteiger partial charge < -0.3 is 0 Å². The third-order valence-corrected chi connectivity index (χ3v) is 3.70. The molecule has 0 amide bonds. The number of pyridine rings is 1. The van der Waals surface area contributed by atoms with Crippen LogP contribution in [0.1, 0.15) is 5.56 Å². The minimum absolute atomic E-state index is 1.04. The summed E-state index contributed by atoms with van der Waals surface area (Å²) in [5, 5.41) is 2.37. The van der Waals surface area contributed by atoms with E-state index in [4.69, 9.17) is 0 Å². The number of hydrogen-bond donors (Lipinski definition) is 0. The maximum Gasteiger partial charge on any atom is 0.0781 e. The molecule has 0 fully saturated rings. The second-order valence-corrected chi connectivity index (χ2v) is 5.22. The van der Waals surface area contributed by atoms with E-state index in [0.29, 0.717) is 0 Å². The molecule has 0 N–H and O–H groups in total. The molecule has 0 aliphatic carbocycles. The van der Waals surface area contributed by atoms with Crippen molar-refractivity contribution in [2.75, 3.05) is 0 Å². The average Bonchev–Trinajstić information content (AvgIpc) is 2.41. The Kier molecular flexibility index (Phi) is 2.88. The van der Waals surface area contributed by atoms with Gasteiger partial charge in [-0.05, 0) is 28.2 Å². The van der Waals surface area contributed by atoms with Gasteiger partial charge >= 0.3 is 0 Å². The minimum atomic E-state index is 1.04. The number of fused-ring (bicyclic) bond motifs is 1. The Bertz CT molecular complexity index is 702. The highest BCUT2D eigenvalue weighted by molar-refractivity contribution is 9.10. The van der Waals surface area contributed by atoms with Crippen molar-refractivity contribution in [2.45, 2.75) is 6.92 Å². The van der Waals surface area contributed by atoms with Gasteiger partial charge in [0.15, 0.2) is 0 Å². The number of rotatable bonds is 1. The Labute approximate surface area is 115 Å². The van der Waals surface area contributed by atoms with Crippen LogP contribution >= 0.6 is 15.9 Å². The van der Waals surface area contributed by atoms with Gasteiger partial charge in [-0.25, -0.2) is 0 Å². The van der Waals surface area contributed by atoms with Crippen molar-refractivity contribution in [1.82, 2.24) is 4.98 Å². The summed E-state index contributed by atoms with van der Waals surface area (Å²) < 4.78 is 1.04. The molecule has 88 valence electrons. The van der Waals surface area contributed by atoms with Gasteiger partial charge in [0.2, 0.25) is 0 Å². The molecule has 3 aromatic rings. The monoisotopic (exact) mass is 297 g/mol. The molecule has 0 aliphatic heterocycles. The van der Waals surface area contributed by atoms with Crippen molar-refractivity contribution in [3.05, 3.63) is 64.8 Å². The van der Waals surface area contributed by atoms with E-state index in [2.05, 4.69) is 64.2 Å². The van der Waals surface area contributed by atoms with Crippen molar-refractivity contribution in [3.63, 3.8) is 0 Å². The van der Waals surface area contributed by atoms with E-state index in [1.165, 1.54) is 16.3 Å². The summed E-state index contributed by atoms with van der Waals surface area (Å²) in [6.07, 6.45) is 1.87. The molecule has 1 aromatic heterocycles. The fourth-order valence-corrected chi connectivity index (χ4v) is 2.55. The molecule has 1 nitrogen and oxygen atoms in total. The highest BCUT2D eigenvalue weighted by Crippen LogP contribution is 2.30. The van der Waals surface area contributed by atoms with Crippen LogP contribution in [0, 0.1) is 6.92 Å². The van der Waals surface area contributed by atoms with Crippen LogP contribution < -0.4 is 0 Å². The third-order valence-electron chi connectivity index (χ3n) is 3.07. The van der Waals surface area contributed by atoms with Crippen LogP contribution in [-0.4, -0.2) is 4.98 Å². The van der Waals surface area contributed by atoms with Crippen LogP contribution in [-0.2, 0) is 0 Å². The van der Waals surface area contributed by atoms with Crippen molar-refractivity contribution < 1.29 is 0 Å². The number of hydrogen-bond acceptors (Lipinski definition) is 1. The van der Waals surface area contributed by atoms with E-state index in [9.17, 15) is 0 Å². The quantitative estimate of drug-likeness (QED) is 0.618. The van der Waals surface area contributed by atoms with Crippen molar-refractivity contribution >= 4 is 26.7 Å². The highest BCUT2D eigenvalue weighted by Gasteiger charge is 2.07. The molecular weight excluding hydrogens is 286 g/mol. The van der Waals surface area contributed by atoms with E-state index in [0.717, 1.165) is 15.7 Å². The van der Waals surface area contributed by atoms with E-state index in [1.54, 1.807) is 0 Å². The van der Waals surface area contributed by atoms with Gasteiger partial charge in [-0.15, -0.1) is 0 Å². The summed E-state index contributed by atoms with van der Waals surface area (Å²) in [4.78, 5) is 4.56. The maximum absolute atomic E-state index is 4.56. The topological polar surface area (TPSA) is 12.9 Å². The van der Waals surface area contributed by atoms with Gasteiger partial charge in [0.25, 0.3) is 0 Å². The van der Waals surface area contributed by atoms with E-state index in [1.807, 2.05) is 18.3 Å². The Balaban J connectivity index is 2.30. The molecule has 1 heterocycles. The lowest BCUT2D eigenvalue weighted by Crippen LogP contribution is -1.87. The zero-order chi connectivity index (χ0) is 12.5. The number of aryl methyl sites for hydroxylation is 1. The summed E-state index contributed by atoms with van der Waals surface area (Å²) in [6, 6.07) is 16.8. The molecule has 2 aromatic carbocycles. The number of aromatic nitrogens is 1. The Morgan fingerprint density at radius 3 is 2.28 bits per heavy atom. The largest absolute Gasteiger partial charge is 0.254 e. The molecule has 2 heteroatoms. The SMILES string of the molecule is Cc1ccc(-c2ncc(Br)c3ccccc23)cc1. The first-order valence-corrected chi connectivity index (χ1v) is 6.65. The first kappa shape index (κ1) is 11.4. The van der Waals surface area contributed by atoms with Crippen LogP contribution in [0.5, 0.6) is 0 Å². The van der Waals surface area contributed by atoms with Crippen molar-refractivity contribution in [2.24, 2.45) is 0 Å². The van der Waals surface area contributed by atoms with Crippen LogP contribution in [0.25, 0.3) is 22.0 Å². The lowest BCUT2D eigenvalue weighted by atomic mass is 10.0. The fraction of sp³-hybridized carbons (Fsp3) is 0.0625. The lowest BCUT2D eigenvalue weighted by Gasteiger charge is -2.07. The summed E-state index contributed by atoms with van der Waals surface area (Å²) in [5.74, 6) is 0. The van der Waals surface area contributed by atoms with Crippen molar-refractivity contribution in [1.29, 1.82) is 0 Å². The molecule has 0 saturated heterocycles. The second-order valence-electron chi connectivity index (χ2n) is 4.37. The molecular formula is C16H12BrN. The molecule has 3 rings (SSSR count). The molecule has 0 saturated carbocycles. The van der Waals surface area contributed by atoms with Crippen LogP contribution in [0.2, 0.25) is 0 Å². The summed E-state index contributed by atoms with van der Waals surface area (Å²) >= 11 is 3.55. The average molecular weight is 298 g/mol. The summed E-state index contributed by atoms with van der Waals surface area (Å²) in [7, 11) is 0. The Morgan fingerprint density at radius 2 is 1.56 bits per heavy atom. The zero-order valence-corrected chi connectivity index (χ0v) is 11.6. The Morgan fingerprint density at radius 1 is 0.889 bits per heavy atom. The van der Waals surface area contributed by atoms with Gasteiger partial charge in [0, 0.05) is 21.6 Å². The number of halogens is 1. The number of nitrogens with zero attached hydrogens (tertiary/aromatic N) is 1. The smallest absolute Gasteiger partial charge is 0.0781 e. The Hall–Kier alpha value is -1.67. The molecule has 18 heavy (non-hydrogen) atoms. The van der Waals surface area contributed by atoms with E-state index >= 15 is 0 Å². The van der Waals surface area contributed by atoms with Crippen LogP contribution in [0.3, 0.4) is 0 Å². The molecule has 0 bridgehead atoms. The first-order chi connectivity index (χ1) is 8.75.